The summed E-state index contributed by atoms with van der Waals surface area (Å²) in [6.07, 6.45) is 0.0206. The van der Waals surface area contributed by atoms with Gasteiger partial charge >= 0.3 is 5.97 Å². The molecule has 1 rings (SSSR count). The highest BCUT2D eigenvalue weighted by Gasteiger charge is 2.18. The zero-order chi connectivity index (χ0) is 13.5. The average Bonchev–Trinajstić information content (AvgIpc) is 2.35. The molecule has 1 amide bonds. The van der Waals surface area contributed by atoms with Gasteiger partial charge < -0.3 is 15.8 Å². The molecule has 98 valence electrons. The number of amides is 1. The van der Waals surface area contributed by atoms with Crippen LogP contribution >= 0.6 is 0 Å². The number of nitrogen functional groups attached to an aromatic ring is 1. The Kier molecular flexibility index (Phi) is 5.17. The highest BCUT2D eigenvalue weighted by Crippen LogP contribution is 2.09. The number of ether oxygens (including phenoxy) is 1. The quantitative estimate of drug-likeness (QED) is 0.610. The zero-order valence-electron chi connectivity index (χ0n) is 10.6. The van der Waals surface area contributed by atoms with E-state index in [0.29, 0.717) is 17.8 Å². The first-order chi connectivity index (χ1) is 8.54. The van der Waals surface area contributed by atoms with Gasteiger partial charge in [-0.15, -0.1) is 0 Å². The van der Waals surface area contributed by atoms with Crippen molar-refractivity contribution in [2.45, 2.75) is 26.4 Å². The third-order valence-corrected chi connectivity index (χ3v) is 2.32. The van der Waals surface area contributed by atoms with E-state index in [-0.39, 0.29) is 5.91 Å². The third-order valence-electron chi connectivity index (χ3n) is 2.32. The summed E-state index contributed by atoms with van der Waals surface area (Å²) in [5, 5.41) is 2.66. The van der Waals surface area contributed by atoms with Crippen LogP contribution in [0.15, 0.2) is 24.3 Å². The van der Waals surface area contributed by atoms with Crippen LogP contribution in [0.25, 0.3) is 0 Å². The minimum Gasteiger partial charge on any atom is -0.449 e. The fourth-order valence-electron chi connectivity index (χ4n) is 1.34. The number of hydrogen-bond donors (Lipinski definition) is 2. The van der Waals surface area contributed by atoms with Crippen LogP contribution in [0.5, 0.6) is 0 Å². The van der Waals surface area contributed by atoms with Crippen LogP contribution in [-0.2, 0) is 9.53 Å². The average molecular weight is 250 g/mol. The molecule has 1 aromatic rings. The Labute approximate surface area is 106 Å². The molecule has 0 aliphatic heterocycles. The molecule has 0 aliphatic rings. The predicted molar refractivity (Wildman–Crippen MR) is 69.0 cm³/mol. The molecule has 1 aromatic carbocycles. The predicted octanol–water partition coefficient (Wildman–Crippen LogP) is 1.34. The number of rotatable bonds is 5. The molecule has 0 saturated carbocycles. The molecule has 5 nitrogen and oxygen atoms in total. The summed E-state index contributed by atoms with van der Waals surface area (Å²) in [7, 11) is 0. The van der Waals surface area contributed by atoms with E-state index in [1.807, 2.05) is 6.92 Å². The van der Waals surface area contributed by atoms with Gasteiger partial charge in [0.15, 0.2) is 6.10 Å². The fraction of sp³-hybridized carbons (Fsp3) is 0.385. The van der Waals surface area contributed by atoms with E-state index < -0.39 is 12.1 Å². The molecule has 0 bridgehead atoms. The molecule has 0 aromatic heterocycles. The molecule has 0 aliphatic carbocycles. The van der Waals surface area contributed by atoms with Gasteiger partial charge in [-0.2, -0.15) is 0 Å². The summed E-state index contributed by atoms with van der Waals surface area (Å²) >= 11 is 0. The smallest absolute Gasteiger partial charge is 0.338 e. The minimum atomic E-state index is -0.814. The number of anilines is 1. The number of benzene rings is 1. The summed E-state index contributed by atoms with van der Waals surface area (Å²) in [6, 6.07) is 6.44. The topological polar surface area (TPSA) is 81.4 Å². The molecule has 0 saturated heterocycles. The normalized spacial score (nSPS) is 11.7. The van der Waals surface area contributed by atoms with Gasteiger partial charge in [0.1, 0.15) is 0 Å². The Morgan fingerprint density at radius 1 is 1.44 bits per heavy atom. The maximum absolute atomic E-state index is 11.7. The Bertz CT molecular complexity index is 432. The molecule has 0 fully saturated rings. The second-order valence-electron chi connectivity index (χ2n) is 3.96. The Hall–Kier alpha value is -2.04. The largest absolute Gasteiger partial charge is 0.449 e. The highest BCUT2D eigenvalue weighted by atomic mass is 16.5. The molecular weight excluding hydrogens is 232 g/mol. The van der Waals surface area contributed by atoms with Crippen molar-refractivity contribution in [1.29, 1.82) is 0 Å². The summed E-state index contributed by atoms with van der Waals surface area (Å²) in [6.45, 7) is 4.05. The van der Waals surface area contributed by atoms with Gasteiger partial charge in [0.2, 0.25) is 0 Å². The van der Waals surface area contributed by atoms with Crippen molar-refractivity contribution >= 4 is 17.6 Å². The van der Waals surface area contributed by atoms with Crippen molar-refractivity contribution in [2.75, 3.05) is 12.3 Å². The molecule has 5 heteroatoms. The van der Waals surface area contributed by atoms with Crippen LogP contribution in [0, 0.1) is 0 Å². The summed E-state index contributed by atoms with van der Waals surface area (Å²) in [4.78, 5) is 23.3. The molecule has 18 heavy (non-hydrogen) atoms. The van der Waals surface area contributed by atoms with E-state index in [2.05, 4.69) is 5.32 Å². The van der Waals surface area contributed by atoms with Crippen molar-refractivity contribution in [3.63, 3.8) is 0 Å². The lowest BCUT2D eigenvalue weighted by atomic mass is 10.2. The molecule has 0 radical (unpaired) electrons. The first-order valence-electron chi connectivity index (χ1n) is 5.88. The monoisotopic (exact) mass is 250 g/mol. The first-order valence-corrected chi connectivity index (χ1v) is 5.88. The van der Waals surface area contributed by atoms with E-state index in [9.17, 15) is 9.59 Å². The van der Waals surface area contributed by atoms with Crippen LogP contribution < -0.4 is 11.1 Å². The lowest BCUT2D eigenvalue weighted by molar-refractivity contribution is -0.129. The van der Waals surface area contributed by atoms with E-state index in [4.69, 9.17) is 10.5 Å². The first kappa shape index (κ1) is 14.0. The van der Waals surface area contributed by atoms with Gasteiger partial charge in [0.25, 0.3) is 5.91 Å². The molecule has 0 spiro atoms. The van der Waals surface area contributed by atoms with Crippen LogP contribution in [0.2, 0.25) is 0 Å². The number of carbonyl (C=O) groups excluding carboxylic acids is 2. The van der Waals surface area contributed by atoms with Crippen molar-refractivity contribution in [3.8, 4) is 0 Å². The number of nitrogens with one attached hydrogen (secondary N) is 1. The Morgan fingerprint density at radius 2 is 2.17 bits per heavy atom. The van der Waals surface area contributed by atoms with Gasteiger partial charge in [-0.25, -0.2) is 4.79 Å². The van der Waals surface area contributed by atoms with Crippen molar-refractivity contribution in [2.24, 2.45) is 0 Å². The standard InChI is InChI=1S/C13H18N2O3/c1-3-7-15-12(16)9(2)18-13(17)10-5-4-6-11(14)8-10/h4-6,8-9H,3,7,14H2,1-2H3,(H,15,16). The molecule has 1 unspecified atom stereocenters. The van der Waals surface area contributed by atoms with Crippen LogP contribution in [0.1, 0.15) is 30.6 Å². The van der Waals surface area contributed by atoms with Crippen molar-refractivity contribution < 1.29 is 14.3 Å². The maximum atomic E-state index is 11.7. The van der Waals surface area contributed by atoms with Crippen LogP contribution in [0.3, 0.4) is 0 Å². The fourth-order valence-corrected chi connectivity index (χ4v) is 1.34. The third kappa shape index (κ3) is 4.08. The number of nitrogens with two attached hydrogens (primary N) is 1. The Balaban J connectivity index is 2.56. The van der Waals surface area contributed by atoms with E-state index in [0.717, 1.165) is 6.42 Å². The Morgan fingerprint density at radius 3 is 2.78 bits per heavy atom. The summed E-state index contributed by atoms with van der Waals surface area (Å²) < 4.78 is 5.04. The van der Waals surface area contributed by atoms with Gasteiger partial charge in [-0.1, -0.05) is 13.0 Å². The summed E-state index contributed by atoms with van der Waals surface area (Å²) in [5.41, 5.74) is 6.38. The van der Waals surface area contributed by atoms with E-state index >= 15 is 0 Å². The lowest BCUT2D eigenvalue weighted by Gasteiger charge is -2.13. The summed E-state index contributed by atoms with van der Waals surface area (Å²) in [5.74, 6) is -0.851. The van der Waals surface area contributed by atoms with Crippen LogP contribution in [0.4, 0.5) is 5.69 Å². The van der Waals surface area contributed by atoms with Crippen molar-refractivity contribution in [3.05, 3.63) is 29.8 Å². The second kappa shape index (κ2) is 6.64. The molecule has 1 atom stereocenters. The lowest BCUT2D eigenvalue weighted by Crippen LogP contribution is -2.36. The maximum Gasteiger partial charge on any atom is 0.338 e. The van der Waals surface area contributed by atoms with Gasteiger partial charge in [0, 0.05) is 12.2 Å². The van der Waals surface area contributed by atoms with E-state index in [1.54, 1.807) is 18.2 Å². The van der Waals surface area contributed by atoms with Gasteiger partial charge in [0.05, 0.1) is 5.56 Å². The molecular formula is C13H18N2O3. The van der Waals surface area contributed by atoms with Crippen molar-refractivity contribution in [1.82, 2.24) is 5.32 Å². The number of esters is 1. The van der Waals surface area contributed by atoms with E-state index in [1.165, 1.54) is 13.0 Å². The SMILES string of the molecule is CCCNC(=O)C(C)OC(=O)c1cccc(N)c1. The highest BCUT2D eigenvalue weighted by molar-refractivity contribution is 5.92. The number of hydrogen-bond acceptors (Lipinski definition) is 4. The van der Waals surface area contributed by atoms with Gasteiger partial charge in [-0.05, 0) is 31.5 Å². The second-order valence-corrected chi connectivity index (χ2v) is 3.96. The molecule has 0 heterocycles. The zero-order valence-corrected chi connectivity index (χ0v) is 10.6. The van der Waals surface area contributed by atoms with Crippen LogP contribution in [-0.4, -0.2) is 24.5 Å². The number of carbonyl (C=O) groups is 2. The molecule has 3 N–H and O–H groups in total. The van der Waals surface area contributed by atoms with Gasteiger partial charge in [-0.3, -0.25) is 4.79 Å². The minimum absolute atomic E-state index is 0.297.